The second kappa shape index (κ2) is 8.75. The van der Waals surface area contributed by atoms with Crippen LogP contribution in [0, 0.1) is 5.41 Å². The maximum atomic E-state index is 5.62. The van der Waals surface area contributed by atoms with Gasteiger partial charge in [0.2, 0.25) is 0 Å². The lowest BCUT2D eigenvalue weighted by molar-refractivity contribution is 0.0848. The lowest BCUT2D eigenvalue weighted by Crippen LogP contribution is -2.56. The SMILES string of the molecule is c1ccc(C2CCN(C3CCC4(C3)CN(c3cncnc3)C4)CC2)c(C2CCOCC2)c1. The number of anilines is 1. The van der Waals surface area contributed by atoms with Gasteiger partial charge in [0.1, 0.15) is 6.33 Å². The lowest BCUT2D eigenvalue weighted by atomic mass is 9.77. The summed E-state index contributed by atoms with van der Waals surface area (Å²) in [7, 11) is 0. The Morgan fingerprint density at radius 1 is 0.844 bits per heavy atom. The van der Waals surface area contributed by atoms with Gasteiger partial charge in [-0.2, -0.15) is 0 Å². The summed E-state index contributed by atoms with van der Waals surface area (Å²) in [5.41, 5.74) is 4.98. The number of rotatable bonds is 4. The predicted molar refractivity (Wildman–Crippen MR) is 127 cm³/mol. The Bertz CT molecular complexity index is 899. The van der Waals surface area contributed by atoms with E-state index in [4.69, 9.17) is 4.74 Å². The van der Waals surface area contributed by atoms with Crippen molar-refractivity contribution in [3.63, 3.8) is 0 Å². The van der Waals surface area contributed by atoms with Gasteiger partial charge in [0.25, 0.3) is 0 Å². The van der Waals surface area contributed by atoms with Crippen LogP contribution >= 0.6 is 0 Å². The highest BCUT2D eigenvalue weighted by atomic mass is 16.5. The first-order chi connectivity index (χ1) is 15.8. The fourth-order valence-electron chi connectivity index (χ4n) is 7.01. The summed E-state index contributed by atoms with van der Waals surface area (Å²) in [5.74, 6) is 1.43. The van der Waals surface area contributed by atoms with Gasteiger partial charge < -0.3 is 14.5 Å². The Kier molecular flexibility index (Phi) is 5.64. The zero-order valence-electron chi connectivity index (χ0n) is 19.2. The molecule has 1 aliphatic carbocycles. The van der Waals surface area contributed by atoms with Crippen LogP contribution in [0.5, 0.6) is 0 Å². The third kappa shape index (κ3) is 3.94. The summed E-state index contributed by atoms with van der Waals surface area (Å²) < 4.78 is 5.62. The molecule has 32 heavy (non-hydrogen) atoms. The van der Waals surface area contributed by atoms with E-state index in [1.54, 1.807) is 17.5 Å². The summed E-state index contributed by atoms with van der Waals surface area (Å²) in [6, 6.07) is 10.1. The molecule has 1 spiro atoms. The van der Waals surface area contributed by atoms with E-state index in [9.17, 15) is 0 Å². The second-order valence-corrected chi connectivity index (χ2v) is 10.7. The number of benzene rings is 1. The van der Waals surface area contributed by atoms with Crippen molar-refractivity contribution < 1.29 is 4.74 Å². The van der Waals surface area contributed by atoms with Crippen LogP contribution in [0.4, 0.5) is 5.69 Å². The molecule has 0 bridgehead atoms. The van der Waals surface area contributed by atoms with E-state index in [1.807, 2.05) is 12.4 Å². The van der Waals surface area contributed by atoms with Crippen LogP contribution in [-0.4, -0.2) is 60.3 Å². The first-order valence-electron chi connectivity index (χ1n) is 12.7. The summed E-state index contributed by atoms with van der Waals surface area (Å²) in [5, 5.41) is 0. The van der Waals surface area contributed by atoms with Gasteiger partial charge in [-0.15, -0.1) is 0 Å². The van der Waals surface area contributed by atoms with E-state index in [-0.39, 0.29) is 0 Å². The maximum Gasteiger partial charge on any atom is 0.115 e. The van der Waals surface area contributed by atoms with E-state index < -0.39 is 0 Å². The fourth-order valence-corrected chi connectivity index (χ4v) is 7.01. The highest BCUT2D eigenvalue weighted by Crippen LogP contribution is 2.49. The van der Waals surface area contributed by atoms with E-state index in [2.05, 4.69) is 44.0 Å². The fraction of sp³-hybridized carbons (Fsp3) is 0.630. The van der Waals surface area contributed by atoms with E-state index >= 15 is 0 Å². The molecule has 1 atom stereocenters. The van der Waals surface area contributed by atoms with Gasteiger partial charge in [-0.25, -0.2) is 9.97 Å². The van der Waals surface area contributed by atoms with Gasteiger partial charge in [-0.05, 0) is 81.0 Å². The number of likely N-dealkylation sites (tertiary alicyclic amines) is 1. The molecule has 0 N–H and O–H groups in total. The summed E-state index contributed by atoms with van der Waals surface area (Å²) in [6.45, 7) is 6.76. The second-order valence-electron chi connectivity index (χ2n) is 10.7. The van der Waals surface area contributed by atoms with Gasteiger partial charge in [0.05, 0.1) is 18.1 Å². The minimum Gasteiger partial charge on any atom is -0.381 e. The molecular weight excluding hydrogens is 396 g/mol. The van der Waals surface area contributed by atoms with Gasteiger partial charge >= 0.3 is 0 Å². The van der Waals surface area contributed by atoms with Crippen LogP contribution in [0.15, 0.2) is 43.0 Å². The van der Waals surface area contributed by atoms with E-state index in [0.29, 0.717) is 11.3 Å². The molecule has 1 aromatic heterocycles. The zero-order chi connectivity index (χ0) is 21.4. The number of ether oxygens (including phenoxy) is 1. The van der Waals surface area contributed by atoms with Crippen molar-refractivity contribution in [2.45, 2.75) is 62.8 Å². The van der Waals surface area contributed by atoms with Crippen molar-refractivity contribution in [3.05, 3.63) is 54.1 Å². The molecule has 1 unspecified atom stereocenters. The first kappa shape index (κ1) is 20.6. The Morgan fingerprint density at radius 2 is 1.50 bits per heavy atom. The van der Waals surface area contributed by atoms with Crippen LogP contribution in [0.2, 0.25) is 0 Å². The molecule has 6 rings (SSSR count). The predicted octanol–water partition coefficient (Wildman–Crippen LogP) is 4.61. The van der Waals surface area contributed by atoms with Crippen LogP contribution in [0.3, 0.4) is 0 Å². The number of hydrogen-bond acceptors (Lipinski definition) is 5. The topological polar surface area (TPSA) is 41.5 Å². The van der Waals surface area contributed by atoms with Crippen LogP contribution in [0.25, 0.3) is 0 Å². The van der Waals surface area contributed by atoms with Gasteiger partial charge in [0, 0.05) is 37.8 Å². The van der Waals surface area contributed by atoms with Crippen molar-refractivity contribution in [2.75, 3.05) is 44.3 Å². The van der Waals surface area contributed by atoms with Crippen molar-refractivity contribution in [2.24, 2.45) is 5.41 Å². The zero-order valence-corrected chi connectivity index (χ0v) is 19.2. The standard InChI is InChI=1S/C27H36N4O/c1-2-4-26(22-8-13-32-14-9-22)25(3-1)21-6-11-30(12-7-21)23-5-10-27(15-23)18-31(19-27)24-16-28-20-29-17-24/h1-4,16-17,20-23H,5-15,18-19H2. The third-order valence-electron chi connectivity index (χ3n) is 8.78. The van der Waals surface area contributed by atoms with Gasteiger partial charge in [0.15, 0.2) is 0 Å². The van der Waals surface area contributed by atoms with Crippen molar-refractivity contribution in [1.82, 2.24) is 14.9 Å². The Morgan fingerprint density at radius 3 is 2.19 bits per heavy atom. The molecule has 5 heteroatoms. The Balaban J connectivity index is 1.05. The molecule has 1 saturated carbocycles. The molecule has 3 saturated heterocycles. The van der Waals surface area contributed by atoms with Crippen LogP contribution < -0.4 is 4.90 Å². The van der Waals surface area contributed by atoms with Crippen molar-refractivity contribution in [1.29, 1.82) is 0 Å². The highest BCUT2D eigenvalue weighted by molar-refractivity contribution is 5.46. The number of piperidine rings is 1. The molecular formula is C27H36N4O. The molecule has 5 nitrogen and oxygen atoms in total. The monoisotopic (exact) mass is 432 g/mol. The van der Waals surface area contributed by atoms with Crippen molar-refractivity contribution in [3.8, 4) is 0 Å². The van der Waals surface area contributed by atoms with E-state index in [1.165, 1.54) is 76.8 Å². The minimum absolute atomic E-state index is 0.535. The molecule has 2 aromatic rings. The minimum atomic E-state index is 0.535. The molecule has 4 aliphatic rings. The molecule has 1 aromatic carbocycles. The lowest BCUT2D eigenvalue weighted by Gasteiger charge is -2.50. The largest absolute Gasteiger partial charge is 0.381 e. The molecule has 170 valence electrons. The maximum absolute atomic E-state index is 5.62. The molecule has 0 radical (unpaired) electrons. The summed E-state index contributed by atoms with van der Waals surface area (Å²) in [6.07, 6.45) is 14.7. The Labute approximate surface area is 192 Å². The third-order valence-corrected chi connectivity index (χ3v) is 8.78. The molecule has 3 aliphatic heterocycles. The Hall–Kier alpha value is -1.98. The number of aromatic nitrogens is 2. The smallest absolute Gasteiger partial charge is 0.115 e. The average Bonchev–Trinajstić information content (AvgIpc) is 3.30. The van der Waals surface area contributed by atoms with Crippen LogP contribution in [0.1, 0.15) is 67.9 Å². The molecule has 4 heterocycles. The highest BCUT2D eigenvalue weighted by Gasteiger charge is 2.49. The quantitative estimate of drug-likeness (QED) is 0.706. The van der Waals surface area contributed by atoms with Gasteiger partial charge in [-0.3, -0.25) is 0 Å². The molecule has 0 amide bonds. The van der Waals surface area contributed by atoms with E-state index in [0.717, 1.165) is 25.2 Å². The number of nitrogens with zero attached hydrogens (tertiary/aromatic N) is 4. The number of hydrogen-bond donors (Lipinski definition) is 0. The summed E-state index contributed by atoms with van der Waals surface area (Å²) >= 11 is 0. The van der Waals surface area contributed by atoms with Crippen molar-refractivity contribution >= 4 is 5.69 Å². The first-order valence-corrected chi connectivity index (χ1v) is 12.7. The van der Waals surface area contributed by atoms with Crippen LogP contribution in [-0.2, 0) is 4.74 Å². The average molecular weight is 433 g/mol. The normalized spacial score (nSPS) is 27.0. The van der Waals surface area contributed by atoms with Gasteiger partial charge in [-0.1, -0.05) is 24.3 Å². The molecule has 4 fully saturated rings. The summed E-state index contributed by atoms with van der Waals surface area (Å²) in [4.78, 5) is 13.7.